The van der Waals surface area contributed by atoms with Gasteiger partial charge in [0, 0.05) is 84.8 Å². The van der Waals surface area contributed by atoms with Crippen molar-refractivity contribution in [2.75, 3.05) is 74.8 Å². The minimum atomic E-state index is -6.34. The van der Waals surface area contributed by atoms with E-state index in [0.29, 0.717) is 59.6 Å². The number of hydrogen-bond donors (Lipinski definition) is 2. The highest BCUT2D eigenvalue weighted by atomic mass is 32.2. The van der Waals surface area contributed by atoms with Gasteiger partial charge in [-0.3, -0.25) is 19.4 Å². The summed E-state index contributed by atoms with van der Waals surface area (Å²) >= 11 is 0. The van der Waals surface area contributed by atoms with Crippen LogP contribution in [-0.4, -0.2) is 142 Å². The van der Waals surface area contributed by atoms with Crippen LogP contribution in [-0.2, 0) is 73.8 Å². The molecule has 0 unspecified atom stereocenters. The number of likely N-dealkylation sites (N-methyl/N-ethyl adjacent to an activating group) is 4. The highest BCUT2D eigenvalue weighted by molar-refractivity contribution is 7.89. The van der Waals surface area contributed by atoms with Crippen LogP contribution >= 0.6 is 0 Å². The second kappa shape index (κ2) is 28.2. The number of sulfonamides is 2. The molecule has 0 radical (unpaired) electrons. The fraction of sp³-hybridized carbons (Fsp3) is 0.270. The zero-order valence-electron chi connectivity index (χ0n) is 56.9. The number of amides is 2. The van der Waals surface area contributed by atoms with Crippen LogP contribution in [0, 0.1) is 13.8 Å². The molecule has 2 N–H and O–H groups in total. The van der Waals surface area contributed by atoms with Crippen molar-refractivity contribution in [1.29, 1.82) is 0 Å². The Morgan fingerprint density at radius 2 is 0.817 bits per heavy atom. The number of halogens is 6. The average Bonchev–Trinajstić information content (AvgIpc) is 1.49. The Kier molecular flexibility index (Phi) is 20.2. The van der Waals surface area contributed by atoms with E-state index in [0.717, 1.165) is 41.7 Å². The van der Waals surface area contributed by atoms with Crippen molar-refractivity contribution in [2.45, 2.75) is 83.7 Å². The van der Waals surface area contributed by atoms with E-state index in [2.05, 4.69) is 20.4 Å². The minimum absolute atomic E-state index is 0.0640. The van der Waals surface area contributed by atoms with Gasteiger partial charge in [0.15, 0.2) is 11.5 Å². The summed E-state index contributed by atoms with van der Waals surface area (Å²) in [6, 6.07) is 49.1. The maximum Gasteiger partial charge on any atom is 0.534 e. The number of aryl methyl sites for hydroxylation is 2. The zero-order valence-corrected chi connectivity index (χ0v) is 60.2. The van der Waals surface area contributed by atoms with Gasteiger partial charge in [-0.25, -0.2) is 16.8 Å². The summed E-state index contributed by atoms with van der Waals surface area (Å²) in [4.78, 5) is 39.0. The lowest BCUT2D eigenvalue weighted by molar-refractivity contribution is -0.114. The Morgan fingerprint density at radius 3 is 1.16 bits per heavy atom. The predicted molar refractivity (Wildman–Crippen MR) is 383 cm³/mol. The number of fused-ring (bicyclic) bond motifs is 7. The number of hydrogen-bond acceptors (Lipinski definition) is 16. The molecular formula is C74H72F6N8O12S4. The van der Waals surface area contributed by atoms with Gasteiger partial charge in [0.05, 0.1) is 46.6 Å². The highest BCUT2D eigenvalue weighted by Gasteiger charge is 2.72. The Labute approximate surface area is 599 Å². The summed E-state index contributed by atoms with van der Waals surface area (Å²) in [5.41, 5.74) is -9.97. The molecule has 0 spiro atoms. The lowest BCUT2D eigenvalue weighted by Crippen LogP contribution is -2.60. The van der Waals surface area contributed by atoms with Gasteiger partial charge in [0.1, 0.15) is 0 Å². The predicted octanol–water partition coefficient (Wildman–Crippen LogP) is 12.0. The number of alkyl halides is 6. The largest absolute Gasteiger partial charge is 0.534 e. The lowest BCUT2D eigenvalue weighted by Gasteiger charge is -2.48. The van der Waals surface area contributed by atoms with Gasteiger partial charge in [-0.05, 0) is 112 Å². The lowest BCUT2D eigenvalue weighted by atomic mass is 9.55. The molecule has 4 aliphatic rings. The maximum atomic E-state index is 16.4. The third-order valence-corrected chi connectivity index (χ3v) is 25.3. The normalized spacial score (nSPS) is 19.4. The molecule has 2 saturated heterocycles. The molecule has 0 aromatic heterocycles. The first-order valence-corrected chi connectivity index (χ1v) is 38.4. The molecule has 4 heterocycles. The molecular weight excluding hydrogens is 1440 g/mol. The molecule has 4 atom stereocenters. The van der Waals surface area contributed by atoms with Crippen LogP contribution in [0.2, 0.25) is 0 Å². The Morgan fingerprint density at radius 1 is 0.481 bits per heavy atom. The van der Waals surface area contributed by atoms with Crippen LogP contribution in [0.4, 0.5) is 49.1 Å². The van der Waals surface area contributed by atoms with Gasteiger partial charge >= 0.3 is 31.3 Å². The standard InChI is InChI=1S/C74H72F6N8O12S4/c1-49-31-35-53(36-32-49)101(91,92)85(5)43-39-57(67(89)87(47-51-19-9-7-10-20-51)61-27-13-15-29-63(61)99-103(95,96)73(75,76)77)55-23-17-25-59-65(55)81-69-71(59,41-45-83(69)3)72-42-46-84(4)70(72)82-66-56(24-18-26-60(66)72)58(40-44-86(6)102(93,94)54-37-33-50(2)34-38-54)68(90)88(48-52-21-11-8-12-22-52)62-28-14-16-30-64(62)100-104(97,98)74(78,79)80/h7-40,69-70,81-82H,41-48H2,1-6H3/t69-,70+,71+,72-. The summed E-state index contributed by atoms with van der Waals surface area (Å²) in [5, 5.41) is 7.62. The van der Waals surface area contributed by atoms with Crippen molar-refractivity contribution in [3.63, 3.8) is 0 Å². The zero-order chi connectivity index (χ0) is 74.7. The molecule has 20 nitrogen and oxygen atoms in total. The SMILES string of the molecule is Cc1ccc(S(=O)(=O)N(C)CC=C(C(=O)N(Cc2ccccc2)c2ccccc2OS(=O)(=O)C(F)(F)F)c2cccc3c2N[C@@H]2N(C)CC[C@]32[C@@]23CCN(C)[C@@H]2Nc2c(C(=CCN(C)S(=O)(=O)c4ccc(C)cc4)C(=O)N(Cc4ccccc4)c4ccccc4OS(=O)(=O)C(F)(F)F)cccc23)cc1. The second-order valence-corrected chi connectivity index (χ2v) is 33.2. The second-order valence-electron chi connectivity index (χ2n) is 26.0. The van der Waals surface area contributed by atoms with E-state index < -0.39 is 122 Å². The smallest absolute Gasteiger partial charge is 0.374 e. The number of nitrogens with zero attached hydrogens (tertiary/aromatic N) is 6. The number of benzene rings is 8. The number of likely N-dealkylation sites (tertiary alicyclic amines) is 2. The average molecular weight is 1510 g/mol. The van der Waals surface area contributed by atoms with Crippen molar-refractivity contribution < 1.29 is 78.0 Å². The van der Waals surface area contributed by atoms with E-state index in [1.807, 2.05) is 26.2 Å². The van der Waals surface area contributed by atoms with Gasteiger partial charge in [-0.15, -0.1) is 0 Å². The number of para-hydroxylation sites is 6. The molecule has 0 saturated carbocycles. The van der Waals surface area contributed by atoms with Gasteiger partial charge in [-0.2, -0.15) is 51.8 Å². The molecule has 30 heteroatoms. The van der Waals surface area contributed by atoms with Crippen molar-refractivity contribution in [3.8, 4) is 11.5 Å². The molecule has 12 rings (SSSR count). The minimum Gasteiger partial charge on any atom is -0.374 e. The molecule has 0 bridgehead atoms. The molecule has 104 heavy (non-hydrogen) atoms. The van der Waals surface area contributed by atoms with Crippen LogP contribution in [0.25, 0.3) is 11.1 Å². The molecule has 8 aromatic rings. The fourth-order valence-electron chi connectivity index (χ4n) is 14.5. The Balaban J connectivity index is 1.05. The molecule has 0 aliphatic carbocycles. The van der Waals surface area contributed by atoms with Gasteiger partial charge < -0.3 is 28.8 Å². The van der Waals surface area contributed by atoms with Crippen LogP contribution in [0.3, 0.4) is 0 Å². The summed E-state index contributed by atoms with van der Waals surface area (Å²) in [6.45, 7) is 2.82. The number of rotatable bonds is 23. The summed E-state index contributed by atoms with van der Waals surface area (Å²) < 4.78 is 206. The monoisotopic (exact) mass is 1510 g/mol. The van der Waals surface area contributed by atoms with Crippen molar-refractivity contribution in [3.05, 3.63) is 251 Å². The first-order valence-electron chi connectivity index (χ1n) is 32.7. The molecule has 4 aliphatic heterocycles. The Bertz CT molecular complexity index is 4850. The number of carbonyl (C=O) groups excluding carboxylic acids is 2. The first kappa shape index (κ1) is 74.3. The Hall–Kier alpha value is -9.40. The van der Waals surface area contributed by atoms with E-state index in [-0.39, 0.29) is 45.2 Å². The number of anilines is 4. The third-order valence-electron chi connectivity index (χ3n) is 19.7. The van der Waals surface area contributed by atoms with Crippen molar-refractivity contribution in [1.82, 2.24) is 18.4 Å². The van der Waals surface area contributed by atoms with E-state index in [4.69, 9.17) is 8.37 Å². The molecule has 8 aromatic carbocycles. The quantitative estimate of drug-likeness (QED) is 0.0262. The first-order chi connectivity index (χ1) is 49.1. The van der Waals surface area contributed by atoms with Crippen LogP contribution in [0.15, 0.2) is 216 Å². The molecule has 2 amide bonds. The summed E-state index contributed by atoms with van der Waals surface area (Å²) in [7, 11) is -14.8. The van der Waals surface area contributed by atoms with Crippen molar-refractivity contribution >= 4 is 86.0 Å². The fourth-order valence-corrected chi connectivity index (χ4v) is 17.7. The summed E-state index contributed by atoms with van der Waals surface area (Å²) in [5.74, 6) is -3.53. The topological polar surface area (TPSA) is 233 Å². The van der Waals surface area contributed by atoms with Crippen LogP contribution in [0.1, 0.15) is 57.3 Å². The van der Waals surface area contributed by atoms with Crippen molar-refractivity contribution in [2.24, 2.45) is 0 Å². The highest BCUT2D eigenvalue weighted by Crippen LogP contribution is 2.67. The maximum absolute atomic E-state index is 16.4. The third kappa shape index (κ3) is 13.5. The molecule has 546 valence electrons. The van der Waals surface area contributed by atoms with E-state index in [1.54, 1.807) is 123 Å². The van der Waals surface area contributed by atoms with E-state index >= 15 is 9.59 Å². The van der Waals surface area contributed by atoms with E-state index in [1.165, 1.54) is 86.9 Å². The van der Waals surface area contributed by atoms with Crippen LogP contribution < -0.4 is 28.8 Å². The van der Waals surface area contributed by atoms with Gasteiger partial charge in [-0.1, -0.05) is 169 Å². The number of carbonyl (C=O) groups is 2. The van der Waals surface area contributed by atoms with E-state index in [9.17, 15) is 60.0 Å². The molecule has 2 fully saturated rings. The summed E-state index contributed by atoms with van der Waals surface area (Å²) in [6.07, 6.45) is 2.33. The van der Waals surface area contributed by atoms with Crippen LogP contribution in [0.5, 0.6) is 11.5 Å². The number of nitrogens with one attached hydrogen (secondary N) is 2. The van der Waals surface area contributed by atoms with Gasteiger partial charge in [0.25, 0.3) is 11.8 Å². The van der Waals surface area contributed by atoms with Gasteiger partial charge in [0.2, 0.25) is 20.0 Å².